The minimum absolute atomic E-state index is 0.0285. The Kier molecular flexibility index (Phi) is 4.50. The molecule has 0 bridgehead atoms. The quantitative estimate of drug-likeness (QED) is 0.316. The largest absolute Gasteiger partial charge is 0.354 e. The fourth-order valence-electron chi connectivity index (χ4n) is 2.83. The summed E-state index contributed by atoms with van der Waals surface area (Å²) in [5.41, 5.74) is 2.95. The van der Waals surface area contributed by atoms with Gasteiger partial charge in [-0.25, -0.2) is 14.4 Å². The molecule has 0 spiro atoms. The summed E-state index contributed by atoms with van der Waals surface area (Å²) in [6.07, 6.45) is 3.30. The third-order valence-electron chi connectivity index (χ3n) is 3.99. The Bertz CT molecular complexity index is 1060. The number of hydrogen-bond donors (Lipinski definition) is 1. The van der Waals surface area contributed by atoms with Gasteiger partial charge in [-0.1, -0.05) is 30.0 Å². The van der Waals surface area contributed by atoms with Gasteiger partial charge in [-0.2, -0.15) is 0 Å². The predicted octanol–water partition coefficient (Wildman–Crippen LogP) is 4.74. The number of benzene rings is 2. The lowest BCUT2D eigenvalue weighted by Crippen LogP contribution is -2.04. The SMILES string of the molecule is O=C(CSc1ncccn1)c1c(-c2ccc(F)cc2)[nH]c2ccccc12. The van der Waals surface area contributed by atoms with Crippen LogP contribution in [-0.4, -0.2) is 26.5 Å². The lowest BCUT2D eigenvalue weighted by molar-refractivity contribution is 0.102. The molecular formula is C20H14FN3OS. The van der Waals surface area contributed by atoms with Crippen LogP contribution in [0.15, 0.2) is 72.1 Å². The summed E-state index contributed by atoms with van der Waals surface area (Å²) in [7, 11) is 0. The Morgan fingerprint density at radius 3 is 2.50 bits per heavy atom. The van der Waals surface area contributed by atoms with E-state index in [2.05, 4.69) is 15.0 Å². The molecule has 6 heteroatoms. The molecule has 0 unspecified atom stereocenters. The summed E-state index contributed by atoms with van der Waals surface area (Å²) >= 11 is 1.30. The van der Waals surface area contributed by atoms with E-state index >= 15 is 0 Å². The van der Waals surface area contributed by atoms with E-state index in [0.29, 0.717) is 16.4 Å². The van der Waals surface area contributed by atoms with Crippen LogP contribution in [0.5, 0.6) is 0 Å². The average Bonchev–Trinajstić information content (AvgIpc) is 3.07. The fraction of sp³-hybridized carbons (Fsp3) is 0.0500. The van der Waals surface area contributed by atoms with E-state index in [0.717, 1.165) is 16.5 Å². The molecule has 0 fully saturated rings. The molecular weight excluding hydrogens is 349 g/mol. The maximum atomic E-state index is 13.3. The first kappa shape index (κ1) is 16.5. The van der Waals surface area contributed by atoms with Crippen molar-refractivity contribution in [2.24, 2.45) is 0 Å². The Hall–Kier alpha value is -2.99. The number of para-hydroxylation sites is 1. The van der Waals surface area contributed by atoms with E-state index < -0.39 is 0 Å². The summed E-state index contributed by atoms with van der Waals surface area (Å²) in [6.45, 7) is 0. The molecule has 26 heavy (non-hydrogen) atoms. The third-order valence-corrected chi connectivity index (χ3v) is 4.87. The number of thioether (sulfide) groups is 1. The number of halogens is 1. The number of Topliss-reactive ketones (excluding diaryl/α,β-unsaturated/α-hetero) is 1. The lowest BCUT2D eigenvalue weighted by atomic mass is 10.0. The number of nitrogens with zero attached hydrogens (tertiary/aromatic N) is 2. The number of carbonyl (C=O) groups is 1. The number of fused-ring (bicyclic) bond motifs is 1. The van der Waals surface area contributed by atoms with Gasteiger partial charge in [0.1, 0.15) is 5.82 Å². The van der Waals surface area contributed by atoms with E-state index in [9.17, 15) is 9.18 Å². The molecule has 4 aromatic rings. The van der Waals surface area contributed by atoms with Gasteiger partial charge in [0.25, 0.3) is 0 Å². The first-order valence-electron chi connectivity index (χ1n) is 8.02. The van der Waals surface area contributed by atoms with Gasteiger partial charge in [-0.05, 0) is 42.0 Å². The van der Waals surface area contributed by atoms with Crippen LogP contribution in [0.3, 0.4) is 0 Å². The zero-order chi connectivity index (χ0) is 17.9. The van der Waals surface area contributed by atoms with Gasteiger partial charge in [-0.15, -0.1) is 0 Å². The maximum absolute atomic E-state index is 13.3. The molecule has 2 aromatic carbocycles. The van der Waals surface area contributed by atoms with Crippen LogP contribution in [0.25, 0.3) is 22.2 Å². The van der Waals surface area contributed by atoms with E-state index in [-0.39, 0.29) is 17.4 Å². The highest BCUT2D eigenvalue weighted by Gasteiger charge is 2.20. The van der Waals surface area contributed by atoms with Crippen molar-refractivity contribution in [2.75, 3.05) is 5.75 Å². The summed E-state index contributed by atoms with van der Waals surface area (Å²) in [5, 5.41) is 1.41. The van der Waals surface area contributed by atoms with Gasteiger partial charge in [0, 0.05) is 23.3 Å². The number of hydrogen-bond acceptors (Lipinski definition) is 4. The van der Waals surface area contributed by atoms with Gasteiger partial charge < -0.3 is 4.98 Å². The first-order chi connectivity index (χ1) is 12.7. The molecule has 0 saturated heterocycles. The zero-order valence-electron chi connectivity index (χ0n) is 13.6. The zero-order valence-corrected chi connectivity index (χ0v) is 14.5. The molecule has 4 rings (SSSR count). The molecule has 0 aliphatic heterocycles. The van der Waals surface area contributed by atoms with Gasteiger partial charge in [0.05, 0.1) is 17.0 Å². The van der Waals surface area contributed by atoms with E-state index in [1.165, 1.54) is 23.9 Å². The van der Waals surface area contributed by atoms with Gasteiger partial charge in [-0.3, -0.25) is 4.79 Å². The van der Waals surface area contributed by atoms with Crippen molar-refractivity contribution in [1.82, 2.24) is 15.0 Å². The van der Waals surface area contributed by atoms with Crippen molar-refractivity contribution in [3.63, 3.8) is 0 Å². The highest BCUT2D eigenvalue weighted by molar-refractivity contribution is 7.99. The third kappa shape index (κ3) is 3.23. The topological polar surface area (TPSA) is 58.6 Å². The Balaban J connectivity index is 1.73. The van der Waals surface area contributed by atoms with E-state index in [1.54, 1.807) is 30.6 Å². The van der Waals surface area contributed by atoms with Crippen LogP contribution in [0.1, 0.15) is 10.4 Å². The molecule has 0 aliphatic carbocycles. The number of rotatable bonds is 5. The molecule has 128 valence electrons. The second-order valence-electron chi connectivity index (χ2n) is 5.67. The molecule has 2 heterocycles. The molecule has 0 aliphatic rings. The number of nitrogens with one attached hydrogen (secondary N) is 1. The molecule has 1 N–H and O–H groups in total. The standard InChI is InChI=1S/C20H14FN3OS/c21-14-8-6-13(7-9-14)19-18(15-4-1-2-5-16(15)24-19)17(25)12-26-20-22-10-3-11-23-20/h1-11,24H,12H2. The smallest absolute Gasteiger partial charge is 0.187 e. The monoisotopic (exact) mass is 363 g/mol. The number of H-pyrrole nitrogens is 1. The highest BCUT2D eigenvalue weighted by atomic mass is 32.2. The molecule has 4 nitrogen and oxygen atoms in total. The lowest BCUT2D eigenvalue weighted by Gasteiger charge is -2.05. The maximum Gasteiger partial charge on any atom is 0.187 e. The first-order valence-corrected chi connectivity index (χ1v) is 9.00. The number of ketones is 1. The number of aromatic amines is 1. The average molecular weight is 363 g/mol. The molecule has 0 saturated carbocycles. The van der Waals surface area contributed by atoms with Crippen LogP contribution in [0.2, 0.25) is 0 Å². The van der Waals surface area contributed by atoms with E-state index in [4.69, 9.17) is 0 Å². The summed E-state index contributed by atoms with van der Waals surface area (Å²) in [4.78, 5) is 24.5. The van der Waals surface area contributed by atoms with Gasteiger partial charge in [0.15, 0.2) is 10.9 Å². The van der Waals surface area contributed by atoms with Crippen LogP contribution >= 0.6 is 11.8 Å². The van der Waals surface area contributed by atoms with Crippen molar-refractivity contribution in [3.05, 3.63) is 78.4 Å². The summed E-state index contributed by atoms with van der Waals surface area (Å²) in [5.74, 6) is -0.117. The van der Waals surface area contributed by atoms with Crippen molar-refractivity contribution < 1.29 is 9.18 Å². The molecule has 0 radical (unpaired) electrons. The molecule has 2 aromatic heterocycles. The second kappa shape index (κ2) is 7.09. The number of aromatic nitrogens is 3. The van der Waals surface area contributed by atoms with Gasteiger partial charge in [0.2, 0.25) is 0 Å². The second-order valence-corrected chi connectivity index (χ2v) is 6.61. The summed E-state index contributed by atoms with van der Waals surface area (Å²) in [6, 6.07) is 15.5. The van der Waals surface area contributed by atoms with Gasteiger partial charge >= 0.3 is 0 Å². The Labute approximate surface area is 153 Å². The Morgan fingerprint density at radius 2 is 1.73 bits per heavy atom. The predicted molar refractivity (Wildman–Crippen MR) is 101 cm³/mol. The van der Waals surface area contributed by atoms with Crippen LogP contribution in [0, 0.1) is 5.82 Å². The van der Waals surface area contributed by atoms with Crippen LogP contribution in [-0.2, 0) is 0 Å². The van der Waals surface area contributed by atoms with Crippen LogP contribution in [0.4, 0.5) is 4.39 Å². The van der Waals surface area contributed by atoms with Crippen molar-refractivity contribution >= 4 is 28.4 Å². The van der Waals surface area contributed by atoms with E-state index in [1.807, 2.05) is 24.3 Å². The van der Waals surface area contributed by atoms with Crippen molar-refractivity contribution in [1.29, 1.82) is 0 Å². The minimum Gasteiger partial charge on any atom is -0.354 e. The summed E-state index contributed by atoms with van der Waals surface area (Å²) < 4.78 is 13.3. The molecule has 0 amide bonds. The minimum atomic E-state index is -0.311. The number of carbonyl (C=O) groups excluding carboxylic acids is 1. The van der Waals surface area contributed by atoms with Crippen LogP contribution < -0.4 is 0 Å². The Morgan fingerprint density at radius 1 is 1.00 bits per heavy atom. The highest BCUT2D eigenvalue weighted by Crippen LogP contribution is 2.32. The normalized spacial score (nSPS) is 11.0. The van der Waals surface area contributed by atoms with Crippen molar-refractivity contribution in [3.8, 4) is 11.3 Å². The molecule has 0 atom stereocenters. The fourth-order valence-corrected chi connectivity index (χ4v) is 3.50. The van der Waals surface area contributed by atoms with Crippen molar-refractivity contribution in [2.45, 2.75) is 5.16 Å².